The first-order chi connectivity index (χ1) is 14.9. The van der Waals surface area contributed by atoms with Crippen molar-refractivity contribution in [3.8, 4) is 0 Å². The number of nitrogens with two attached hydrogens (primary N) is 1. The molecule has 0 amide bonds. The van der Waals surface area contributed by atoms with Gasteiger partial charge in [0, 0.05) is 24.3 Å². The van der Waals surface area contributed by atoms with Crippen molar-refractivity contribution in [3.63, 3.8) is 0 Å². The normalized spacial score (nSPS) is 19.3. The quantitative estimate of drug-likeness (QED) is 0.362. The number of aromatic nitrogens is 2. The van der Waals surface area contributed by atoms with Crippen LogP contribution in [-0.4, -0.2) is 34.1 Å². The molecule has 8 heteroatoms. The summed E-state index contributed by atoms with van der Waals surface area (Å²) in [6.07, 6.45) is 8.05. The fourth-order valence-electron chi connectivity index (χ4n) is 4.14. The number of nitrogens with one attached hydrogen (secondary N) is 2. The molecule has 1 aliphatic carbocycles. The van der Waals surface area contributed by atoms with Gasteiger partial charge in [-0.3, -0.25) is 0 Å². The molecule has 1 fully saturated rings. The third-order valence-corrected chi connectivity index (χ3v) is 5.98. The van der Waals surface area contributed by atoms with Crippen LogP contribution in [0.25, 0.3) is 5.52 Å². The molecule has 2 atom stereocenters. The third kappa shape index (κ3) is 4.83. The molecule has 1 saturated carbocycles. The van der Waals surface area contributed by atoms with E-state index in [1.165, 1.54) is 18.2 Å². The highest BCUT2D eigenvalue weighted by Gasteiger charge is 2.26. The lowest BCUT2D eigenvalue weighted by molar-refractivity contribution is 0.519. The zero-order chi connectivity index (χ0) is 22.0. The number of nitrogens with zero attached hydrogens (tertiary/aromatic N) is 3. The van der Waals surface area contributed by atoms with Crippen molar-refractivity contribution in [2.24, 2.45) is 10.7 Å². The molecule has 0 bridgehead atoms. The van der Waals surface area contributed by atoms with Gasteiger partial charge in [0.15, 0.2) is 0 Å². The molecule has 3 aromatic rings. The lowest BCUT2D eigenvalue weighted by atomic mass is 10.1. The Labute approximate surface area is 186 Å². The van der Waals surface area contributed by atoms with Crippen molar-refractivity contribution >= 4 is 34.3 Å². The summed E-state index contributed by atoms with van der Waals surface area (Å²) in [4.78, 5) is 4.41. The molecule has 2 heterocycles. The minimum Gasteiger partial charge on any atom is -0.383 e. The Bertz CT molecular complexity index is 1110. The summed E-state index contributed by atoms with van der Waals surface area (Å²) in [7, 11) is 0. The van der Waals surface area contributed by atoms with E-state index in [4.69, 9.17) is 17.3 Å². The molecule has 31 heavy (non-hydrogen) atoms. The highest BCUT2D eigenvalue weighted by atomic mass is 35.5. The number of anilines is 1. The maximum atomic E-state index is 13.7. The van der Waals surface area contributed by atoms with E-state index in [0.717, 1.165) is 49.0 Å². The van der Waals surface area contributed by atoms with E-state index in [1.807, 2.05) is 17.6 Å². The molecule has 0 spiro atoms. The van der Waals surface area contributed by atoms with Crippen LogP contribution in [0.1, 0.15) is 43.7 Å². The van der Waals surface area contributed by atoms with Gasteiger partial charge in [0.25, 0.3) is 0 Å². The summed E-state index contributed by atoms with van der Waals surface area (Å²) < 4.78 is 15.5. The number of amidine groups is 1. The molecular formula is C23H28ClFN6. The largest absolute Gasteiger partial charge is 0.383 e. The van der Waals surface area contributed by atoms with Crippen molar-refractivity contribution in [2.75, 3.05) is 11.9 Å². The molecule has 4 N–H and O–H groups in total. The van der Waals surface area contributed by atoms with Gasteiger partial charge in [-0.05, 0) is 62.9 Å². The van der Waals surface area contributed by atoms with E-state index in [-0.39, 0.29) is 5.84 Å². The monoisotopic (exact) mass is 442 g/mol. The topological polar surface area (TPSA) is 79.7 Å². The van der Waals surface area contributed by atoms with Crippen molar-refractivity contribution in [3.05, 3.63) is 58.6 Å². The van der Waals surface area contributed by atoms with Crippen LogP contribution in [0.4, 0.5) is 15.8 Å². The minimum atomic E-state index is -0.415. The summed E-state index contributed by atoms with van der Waals surface area (Å²) in [5, 5.41) is 12.1. The van der Waals surface area contributed by atoms with Crippen molar-refractivity contribution < 1.29 is 4.39 Å². The highest BCUT2D eigenvalue weighted by Crippen LogP contribution is 2.31. The zero-order valence-corrected chi connectivity index (χ0v) is 18.6. The van der Waals surface area contributed by atoms with E-state index in [0.29, 0.717) is 28.4 Å². The fourth-order valence-corrected chi connectivity index (χ4v) is 4.30. The number of fused-ring (bicyclic) bond motifs is 1. The average Bonchev–Trinajstić information content (AvgIpc) is 3.35. The summed E-state index contributed by atoms with van der Waals surface area (Å²) in [6, 6.07) is 6.95. The lowest BCUT2D eigenvalue weighted by Crippen LogP contribution is -2.29. The molecule has 2 aromatic heterocycles. The number of halogens is 2. The smallest absolute Gasteiger partial charge is 0.135 e. The minimum absolute atomic E-state index is 0.238. The second-order valence-corrected chi connectivity index (χ2v) is 8.59. The van der Waals surface area contributed by atoms with Crippen molar-refractivity contribution in [1.82, 2.24) is 14.9 Å². The van der Waals surface area contributed by atoms with Crippen LogP contribution in [0, 0.1) is 12.7 Å². The first-order valence-corrected chi connectivity index (χ1v) is 11.1. The lowest BCUT2D eigenvalue weighted by Gasteiger charge is -2.19. The number of aliphatic imine (C=N–C) groups is 1. The Morgan fingerprint density at radius 2 is 2.13 bits per heavy atom. The van der Waals surface area contributed by atoms with Gasteiger partial charge in [-0.2, -0.15) is 5.10 Å². The number of hydrogen-bond acceptors (Lipinski definition) is 4. The van der Waals surface area contributed by atoms with Crippen molar-refractivity contribution in [2.45, 2.75) is 51.6 Å². The molecule has 1 aromatic carbocycles. The van der Waals surface area contributed by atoms with Crippen LogP contribution in [-0.2, 0) is 0 Å². The molecule has 164 valence electrons. The Morgan fingerprint density at radius 1 is 1.32 bits per heavy atom. The van der Waals surface area contributed by atoms with Crippen LogP contribution in [0.2, 0.25) is 5.02 Å². The predicted octanol–water partition coefficient (Wildman–Crippen LogP) is 4.80. The highest BCUT2D eigenvalue weighted by molar-refractivity contribution is 6.33. The SMILES string of the molecule is CCCN[C@H]1CC[C@@H](Nc2c(C(N)=Nc3cc(F)ccc3Cl)cnn3cc(C)cc23)C1. The second kappa shape index (κ2) is 9.24. The standard InChI is InChI=1S/C23H28ClFN6/c1-3-8-27-16-5-6-17(11-16)29-22-18(12-28-31-13-14(2)9-21(22)31)23(26)30-20-10-15(25)4-7-19(20)24/h4,7,9-10,12-13,16-17,27,29H,3,5-6,8,11H2,1-2H3,(H2,26,30)/t16-,17+/m0/s1. The Kier molecular flexibility index (Phi) is 6.43. The van der Waals surface area contributed by atoms with Gasteiger partial charge < -0.3 is 16.4 Å². The molecule has 0 saturated heterocycles. The van der Waals surface area contributed by atoms with Crippen molar-refractivity contribution in [1.29, 1.82) is 0 Å². The third-order valence-electron chi connectivity index (χ3n) is 5.66. The van der Waals surface area contributed by atoms with E-state index >= 15 is 0 Å². The number of rotatable bonds is 7. The van der Waals surface area contributed by atoms with Gasteiger partial charge in [-0.25, -0.2) is 13.9 Å². The van der Waals surface area contributed by atoms with Gasteiger partial charge in [-0.1, -0.05) is 18.5 Å². The summed E-state index contributed by atoms with van der Waals surface area (Å²) in [6.45, 7) is 5.25. The first kappa shape index (κ1) is 21.6. The number of benzene rings is 1. The van der Waals surface area contributed by atoms with Gasteiger partial charge >= 0.3 is 0 Å². The van der Waals surface area contributed by atoms with Crippen LogP contribution in [0.5, 0.6) is 0 Å². The molecule has 0 aliphatic heterocycles. The van der Waals surface area contributed by atoms with E-state index in [9.17, 15) is 4.39 Å². The first-order valence-electron chi connectivity index (χ1n) is 10.7. The van der Waals surface area contributed by atoms with Gasteiger partial charge in [0.2, 0.25) is 0 Å². The molecule has 0 radical (unpaired) electrons. The van der Waals surface area contributed by atoms with Gasteiger partial charge in [0.05, 0.1) is 33.7 Å². The Balaban J connectivity index is 1.69. The van der Waals surface area contributed by atoms with E-state index in [2.05, 4.69) is 33.7 Å². The second-order valence-electron chi connectivity index (χ2n) is 8.18. The van der Waals surface area contributed by atoms with E-state index < -0.39 is 5.82 Å². The summed E-state index contributed by atoms with van der Waals surface area (Å²) in [5.41, 5.74) is 10.3. The fraction of sp³-hybridized carbons (Fsp3) is 0.391. The Hall–Kier alpha value is -2.64. The van der Waals surface area contributed by atoms with Crippen LogP contribution in [0.3, 0.4) is 0 Å². The maximum absolute atomic E-state index is 13.7. The van der Waals surface area contributed by atoms with Gasteiger partial charge in [-0.15, -0.1) is 0 Å². The molecule has 6 nitrogen and oxygen atoms in total. The maximum Gasteiger partial charge on any atom is 0.135 e. The molecule has 1 aliphatic rings. The summed E-state index contributed by atoms with van der Waals surface area (Å²) in [5.74, 6) is -0.177. The molecule has 0 unspecified atom stereocenters. The number of hydrogen-bond donors (Lipinski definition) is 3. The van der Waals surface area contributed by atoms with Crippen LogP contribution in [0.15, 0.2) is 41.7 Å². The molecular weight excluding hydrogens is 415 g/mol. The van der Waals surface area contributed by atoms with Gasteiger partial charge in [0.1, 0.15) is 11.7 Å². The van der Waals surface area contributed by atoms with E-state index in [1.54, 1.807) is 6.20 Å². The molecule has 4 rings (SSSR count). The van der Waals surface area contributed by atoms with Crippen LogP contribution < -0.4 is 16.4 Å². The average molecular weight is 443 g/mol. The Morgan fingerprint density at radius 3 is 2.94 bits per heavy atom. The summed E-state index contributed by atoms with van der Waals surface area (Å²) >= 11 is 6.19. The predicted molar refractivity (Wildman–Crippen MR) is 125 cm³/mol. The van der Waals surface area contributed by atoms with Crippen LogP contribution >= 0.6 is 11.6 Å². The number of aryl methyl sites for hydroxylation is 1. The zero-order valence-electron chi connectivity index (χ0n) is 17.8.